The van der Waals surface area contributed by atoms with Crippen molar-refractivity contribution in [3.63, 3.8) is 0 Å². The van der Waals surface area contributed by atoms with Gasteiger partial charge in [-0.05, 0) is 18.2 Å². The van der Waals surface area contributed by atoms with Crippen LogP contribution in [0.25, 0.3) is 22.3 Å². The molecule has 2 aromatic carbocycles. The fourth-order valence-electron chi connectivity index (χ4n) is 4.70. The van der Waals surface area contributed by atoms with Crippen molar-refractivity contribution >= 4 is 11.0 Å². The van der Waals surface area contributed by atoms with Gasteiger partial charge >= 0.3 is 0 Å². The summed E-state index contributed by atoms with van der Waals surface area (Å²) in [7, 11) is 1.38. The zero-order chi connectivity index (χ0) is 30.3. The second kappa shape index (κ2) is 12.0. The van der Waals surface area contributed by atoms with Crippen molar-refractivity contribution in [2.24, 2.45) is 0 Å². The van der Waals surface area contributed by atoms with Gasteiger partial charge in [0.2, 0.25) is 6.29 Å². The molecule has 0 amide bonds. The van der Waals surface area contributed by atoms with Crippen LogP contribution < -0.4 is 14.9 Å². The zero-order valence-electron chi connectivity index (χ0n) is 22.0. The van der Waals surface area contributed by atoms with Gasteiger partial charge in [-0.3, -0.25) is 4.79 Å². The third-order valence-corrected chi connectivity index (χ3v) is 7.05. The lowest BCUT2D eigenvalue weighted by Gasteiger charge is -2.41. The predicted octanol–water partition coefficient (Wildman–Crippen LogP) is -1.48. The molecule has 0 spiro atoms. The molecule has 3 aromatic rings. The number of ether oxygens (including phenoxy) is 5. The number of hydrogen-bond donors (Lipinski definition) is 8. The summed E-state index contributed by atoms with van der Waals surface area (Å²) in [5, 5.41) is 81.3. The van der Waals surface area contributed by atoms with Crippen molar-refractivity contribution in [3.8, 4) is 34.3 Å². The molecule has 42 heavy (non-hydrogen) atoms. The quantitative estimate of drug-likeness (QED) is 0.156. The summed E-state index contributed by atoms with van der Waals surface area (Å²) in [4.78, 5) is 12.8. The van der Waals surface area contributed by atoms with Crippen LogP contribution >= 0.6 is 0 Å². The summed E-state index contributed by atoms with van der Waals surface area (Å²) in [5.74, 6) is -0.602. The van der Waals surface area contributed by atoms with Crippen LogP contribution in [0.15, 0.2) is 45.6 Å². The normalized spacial score (nSPS) is 31.6. The minimum Gasteiger partial charge on any atom is -0.507 e. The van der Waals surface area contributed by atoms with Gasteiger partial charge in [-0.2, -0.15) is 0 Å². The van der Waals surface area contributed by atoms with Gasteiger partial charge in [0, 0.05) is 23.8 Å². The minimum absolute atomic E-state index is 0.0523. The number of benzene rings is 2. The van der Waals surface area contributed by atoms with E-state index in [0.29, 0.717) is 5.56 Å². The fourth-order valence-corrected chi connectivity index (χ4v) is 4.70. The summed E-state index contributed by atoms with van der Waals surface area (Å²) in [6.45, 7) is -0.821. The highest BCUT2D eigenvalue weighted by atomic mass is 16.7. The van der Waals surface area contributed by atoms with Crippen LogP contribution in [0.3, 0.4) is 0 Å². The number of methoxy groups -OCH3 is 1. The minimum atomic E-state index is -1.77. The molecule has 1 aromatic heterocycles. The molecule has 5 rings (SSSR count). The molecule has 2 fully saturated rings. The lowest BCUT2D eigenvalue weighted by atomic mass is 9.99. The van der Waals surface area contributed by atoms with Gasteiger partial charge in [0.15, 0.2) is 23.2 Å². The first-order valence-corrected chi connectivity index (χ1v) is 12.8. The summed E-state index contributed by atoms with van der Waals surface area (Å²) in [5.41, 5.74) is -0.379. The van der Waals surface area contributed by atoms with E-state index >= 15 is 0 Å². The first-order valence-electron chi connectivity index (χ1n) is 12.8. The molecular weight excluding hydrogens is 564 g/mol. The second-order valence-corrected chi connectivity index (χ2v) is 9.89. The topological polar surface area (TPSA) is 238 Å². The van der Waals surface area contributed by atoms with E-state index in [0.717, 1.165) is 12.1 Å². The maximum Gasteiger partial charge on any atom is 0.229 e. The third-order valence-electron chi connectivity index (χ3n) is 7.05. The van der Waals surface area contributed by atoms with Crippen molar-refractivity contribution in [1.29, 1.82) is 0 Å². The first kappa shape index (κ1) is 30.0. The second-order valence-electron chi connectivity index (χ2n) is 9.89. The van der Waals surface area contributed by atoms with Crippen LogP contribution in [0.2, 0.25) is 0 Å². The van der Waals surface area contributed by atoms with Gasteiger partial charge in [0.25, 0.3) is 0 Å². The van der Waals surface area contributed by atoms with E-state index in [9.17, 15) is 45.6 Å². The Labute approximate surface area is 236 Å². The number of phenolic OH excluding ortho intramolecular Hbond substituents is 2. The van der Waals surface area contributed by atoms with E-state index in [1.165, 1.54) is 25.3 Å². The average molecular weight is 595 g/mol. The number of hydrogen-bond acceptors (Lipinski definition) is 15. The average Bonchev–Trinajstić information content (AvgIpc) is 2.96. The number of phenols is 2. The summed E-state index contributed by atoms with van der Waals surface area (Å²) in [6, 6.07) is 7.78. The lowest BCUT2D eigenvalue weighted by Crippen LogP contribution is -2.61. The van der Waals surface area contributed by atoms with Gasteiger partial charge in [-0.1, -0.05) is 0 Å². The van der Waals surface area contributed by atoms with Crippen LogP contribution in [0.4, 0.5) is 0 Å². The SMILES string of the molecule is COc1ccc(-c2cc(=O)c3c(O)cc(O[C@@H]4OC(CO[C@@H]5OC[C@@H](O)[C@H](O)C5O)[C@@H](O)[C@H](O)C4O)cc3o2)cc1O. The standard InChI is InChI=1S/C27H30O15/c1-37-16-3-2-10(4-12(16)28)17-7-14(30)20-13(29)5-11(6-18(20)41-17)40-27-25(36)23(34)22(33)19(42-27)9-39-26-24(35)21(32)15(31)8-38-26/h2-7,15,19,21-29,31-36H,8-9H2,1H3/t15-,19?,21+,22-,23+,24?,25?,26+,27-/m1/s1. The highest BCUT2D eigenvalue weighted by Gasteiger charge is 2.46. The zero-order valence-corrected chi connectivity index (χ0v) is 22.0. The summed E-state index contributed by atoms with van der Waals surface area (Å²) in [6.07, 6.45) is -14.0. The van der Waals surface area contributed by atoms with Crippen molar-refractivity contribution in [2.75, 3.05) is 20.3 Å². The largest absolute Gasteiger partial charge is 0.507 e. The van der Waals surface area contributed by atoms with E-state index in [4.69, 9.17) is 28.1 Å². The third kappa shape index (κ3) is 5.74. The maximum absolute atomic E-state index is 12.8. The van der Waals surface area contributed by atoms with Gasteiger partial charge < -0.3 is 69.0 Å². The van der Waals surface area contributed by atoms with Gasteiger partial charge in [-0.15, -0.1) is 0 Å². The molecular formula is C27H30O15. The van der Waals surface area contributed by atoms with E-state index in [1.807, 2.05) is 0 Å². The Bertz CT molecular complexity index is 1470. The van der Waals surface area contributed by atoms with Crippen molar-refractivity contribution < 1.29 is 69.0 Å². The van der Waals surface area contributed by atoms with Crippen LogP contribution in [-0.4, -0.2) is 116 Å². The van der Waals surface area contributed by atoms with E-state index < -0.39 is 73.1 Å². The van der Waals surface area contributed by atoms with Crippen LogP contribution in [0.5, 0.6) is 23.0 Å². The Morgan fingerprint density at radius 3 is 2.31 bits per heavy atom. The molecule has 2 aliphatic heterocycles. The molecule has 2 saturated heterocycles. The van der Waals surface area contributed by atoms with Crippen molar-refractivity contribution in [1.82, 2.24) is 0 Å². The van der Waals surface area contributed by atoms with Crippen molar-refractivity contribution in [3.05, 3.63) is 46.6 Å². The molecule has 228 valence electrons. The first-order chi connectivity index (χ1) is 20.0. The number of fused-ring (bicyclic) bond motifs is 1. The van der Waals surface area contributed by atoms with Crippen molar-refractivity contribution in [2.45, 2.75) is 55.3 Å². The van der Waals surface area contributed by atoms with E-state index in [1.54, 1.807) is 6.07 Å². The van der Waals surface area contributed by atoms with Gasteiger partial charge in [0.05, 0.1) is 20.3 Å². The smallest absolute Gasteiger partial charge is 0.229 e. The number of aliphatic hydroxyl groups is 6. The summed E-state index contributed by atoms with van der Waals surface area (Å²) < 4.78 is 32.6. The van der Waals surface area contributed by atoms with Gasteiger partial charge in [-0.25, -0.2) is 0 Å². The Hall–Kier alpha value is -3.51. The lowest BCUT2D eigenvalue weighted by molar-refractivity contribution is -0.307. The molecule has 9 atom stereocenters. The molecule has 2 aliphatic rings. The van der Waals surface area contributed by atoms with E-state index in [-0.39, 0.29) is 40.6 Å². The molecule has 3 unspecified atom stereocenters. The predicted molar refractivity (Wildman–Crippen MR) is 139 cm³/mol. The Balaban J connectivity index is 1.36. The monoisotopic (exact) mass is 594 g/mol. The molecule has 15 nitrogen and oxygen atoms in total. The molecule has 0 bridgehead atoms. The number of aliphatic hydroxyl groups excluding tert-OH is 6. The van der Waals surface area contributed by atoms with Gasteiger partial charge in [0.1, 0.15) is 71.0 Å². The highest BCUT2D eigenvalue weighted by Crippen LogP contribution is 2.35. The Kier molecular flexibility index (Phi) is 8.56. The molecule has 3 heterocycles. The van der Waals surface area contributed by atoms with Crippen LogP contribution in [-0.2, 0) is 14.2 Å². The molecule has 0 saturated carbocycles. The fraction of sp³-hybridized carbons (Fsp3) is 0.444. The Morgan fingerprint density at radius 1 is 0.857 bits per heavy atom. The van der Waals surface area contributed by atoms with Crippen LogP contribution in [0.1, 0.15) is 0 Å². The molecule has 0 radical (unpaired) electrons. The maximum atomic E-state index is 12.8. The molecule has 15 heteroatoms. The van der Waals surface area contributed by atoms with Crippen LogP contribution in [0, 0.1) is 0 Å². The Morgan fingerprint density at radius 2 is 1.60 bits per heavy atom. The van der Waals surface area contributed by atoms with E-state index in [2.05, 4.69) is 0 Å². The number of aromatic hydroxyl groups is 2. The molecule has 8 N–H and O–H groups in total. The molecule has 0 aliphatic carbocycles. The number of rotatable bonds is 7. The highest BCUT2D eigenvalue weighted by molar-refractivity contribution is 5.86. The summed E-state index contributed by atoms with van der Waals surface area (Å²) >= 11 is 0.